The summed E-state index contributed by atoms with van der Waals surface area (Å²) in [7, 11) is 5.13. The molecular weight excluding hydrogens is 418 g/mol. The Hall–Kier alpha value is -3.65. The van der Waals surface area contributed by atoms with Crippen LogP contribution in [-0.2, 0) is 7.05 Å². The molecule has 2 aromatic heterocycles. The third-order valence-corrected chi connectivity index (χ3v) is 5.43. The normalized spacial score (nSPS) is 11.6. The lowest BCUT2D eigenvalue weighted by Crippen LogP contribution is -2.28. The van der Waals surface area contributed by atoms with E-state index in [1.165, 1.54) is 0 Å². The minimum Gasteiger partial charge on any atom is -0.497 e. The zero-order valence-corrected chi connectivity index (χ0v) is 19.6. The first-order chi connectivity index (χ1) is 15.8. The highest BCUT2D eigenvalue weighted by molar-refractivity contribution is 5.82. The molecule has 0 aliphatic heterocycles. The van der Waals surface area contributed by atoms with E-state index in [4.69, 9.17) is 14.5 Å². The van der Waals surface area contributed by atoms with E-state index in [-0.39, 0.29) is 0 Å². The van der Waals surface area contributed by atoms with Crippen LogP contribution in [0.3, 0.4) is 0 Å². The highest BCUT2D eigenvalue weighted by atomic mass is 16.5. The minimum atomic E-state index is -0.814. The summed E-state index contributed by atoms with van der Waals surface area (Å²) in [6, 6.07) is 11.7. The van der Waals surface area contributed by atoms with E-state index in [9.17, 15) is 5.11 Å². The number of rotatable bonds is 8. The van der Waals surface area contributed by atoms with E-state index in [0.29, 0.717) is 24.5 Å². The van der Waals surface area contributed by atoms with Crippen molar-refractivity contribution in [1.82, 2.24) is 19.7 Å². The Morgan fingerprint density at radius 3 is 2.30 bits per heavy atom. The number of anilines is 2. The lowest BCUT2D eigenvalue weighted by Gasteiger charge is -2.29. The molecule has 8 nitrogen and oxygen atoms in total. The minimum absolute atomic E-state index is 0.561. The van der Waals surface area contributed by atoms with E-state index < -0.39 is 5.60 Å². The van der Waals surface area contributed by atoms with Gasteiger partial charge in [-0.2, -0.15) is 5.10 Å². The fraction of sp³-hybridized carbons (Fsp3) is 0.320. The summed E-state index contributed by atoms with van der Waals surface area (Å²) in [5, 5.41) is 14.6. The molecule has 2 aromatic carbocycles. The van der Waals surface area contributed by atoms with E-state index >= 15 is 0 Å². The summed E-state index contributed by atoms with van der Waals surface area (Å²) in [4.78, 5) is 11.5. The monoisotopic (exact) mass is 447 g/mol. The SMILES string of the molecule is COc1cc(OC)cc(N(CCC(C)(C)O)c2ccc3ncc(-c4cnn(C)c4)nc3c2)c1. The molecule has 0 fully saturated rings. The van der Waals surface area contributed by atoms with E-state index in [1.54, 1.807) is 31.3 Å². The number of hydrogen-bond acceptors (Lipinski definition) is 7. The number of aryl methyl sites for hydroxylation is 1. The molecule has 0 saturated carbocycles. The zero-order chi connectivity index (χ0) is 23.6. The number of benzene rings is 2. The second-order valence-electron chi connectivity index (χ2n) is 8.62. The molecule has 0 unspecified atom stereocenters. The summed E-state index contributed by atoms with van der Waals surface area (Å²) >= 11 is 0. The third kappa shape index (κ3) is 5.23. The van der Waals surface area contributed by atoms with E-state index in [2.05, 4.69) is 15.0 Å². The molecule has 2 heterocycles. The molecule has 4 rings (SSSR count). The van der Waals surface area contributed by atoms with Gasteiger partial charge in [-0.1, -0.05) is 0 Å². The predicted molar refractivity (Wildman–Crippen MR) is 129 cm³/mol. The summed E-state index contributed by atoms with van der Waals surface area (Å²) in [5.41, 5.74) is 4.26. The van der Waals surface area contributed by atoms with Gasteiger partial charge in [-0.05, 0) is 38.5 Å². The first-order valence-electron chi connectivity index (χ1n) is 10.7. The lowest BCUT2D eigenvalue weighted by molar-refractivity contribution is 0.0737. The summed E-state index contributed by atoms with van der Waals surface area (Å²) in [5.74, 6) is 1.38. The number of methoxy groups -OCH3 is 2. The predicted octanol–water partition coefficient (Wildman–Crippen LogP) is 4.35. The van der Waals surface area contributed by atoms with Crippen LogP contribution in [0.4, 0.5) is 11.4 Å². The number of ether oxygens (including phenoxy) is 2. The smallest absolute Gasteiger partial charge is 0.124 e. The molecule has 0 amide bonds. The fourth-order valence-electron chi connectivity index (χ4n) is 3.60. The molecule has 0 saturated heterocycles. The lowest BCUT2D eigenvalue weighted by atomic mass is 10.0. The number of aliphatic hydroxyl groups is 1. The van der Waals surface area contributed by atoms with Crippen molar-refractivity contribution in [3.8, 4) is 22.8 Å². The van der Waals surface area contributed by atoms with Crippen molar-refractivity contribution in [2.24, 2.45) is 7.05 Å². The fourth-order valence-corrected chi connectivity index (χ4v) is 3.60. The molecule has 33 heavy (non-hydrogen) atoms. The summed E-state index contributed by atoms with van der Waals surface area (Å²) in [6.45, 7) is 4.20. The molecule has 0 bridgehead atoms. The van der Waals surface area contributed by atoms with Crippen LogP contribution in [0.25, 0.3) is 22.3 Å². The third-order valence-electron chi connectivity index (χ3n) is 5.43. The molecule has 0 atom stereocenters. The van der Waals surface area contributed by atoms with Gasteiger partial charge in [0.2, 0.25) is 0 Å². The Morgan fingerprint density at radius 2 is 1.70 bits per heavy atom. The van der Waals surface area contributed by atoms with Crippen molar-refractivity contribution < 1.29 is 14.6 Å². The van der Waals surface area contributed by atoms with Gasteiger partial charge in [0, 0.05) is 54.9 Å². The van der Waals surface area contributed by atoms with Crippen LogP contribution in [0, 0.1) is 0 Å². The average Bonchev–Trinajstić information content (AvgIpc) is 3.24. The van der Waals surface area contributed by atoms with Crippen molar-refractivity contribution in [3.63, 3.8) is 0 Å². The van der Waals surface area contributed by atoms with Gasteiger partial charge >= 0.3 is 0 Å². The highest BCUT2D eigenvalue weighted by Crippen LogP contribution is 2.34. The maximum absolute atomic E-state index is 10.4. The van der Waals surface area contributed by atoms with Crippen molar-refractivity contribution >= 4 is 22.4 Å². The second-order valence-corrected chi connectivity index (χ2v) is 8.62. The highest BCUT2D eigenvalue weighted by Gasteiger charge is 2.19. The van der Waals surface area contributed by atoms with Crippen molar-refractivity contribution in [1.29, 1.82) is 0 Å². The number of hydrogen-bond donors (Lipinski definition) is 1. The van der Waals surface area contributed by atoms with Gasteiger partial charge in [-0.15, -0.1) is 0 Å². The second kappa shape index (κ2) is 9.07. The van der Waals surface area contributed by atoms with Crippen LogP contribution in [-0.4, -0.2) is 51.2 Å². The van der Waals surface area contributed by atoms with Gasteiger partial charge in [0.05, 0.1) is 48.9 Å². The standard InChI is InChI=1S/C25H29N5O3/c1-25(2,31)8-9-30(19-10-20(32-4)13-21(11-19)33-5)18-6-7-22-23(12-18)28-24(15-26-22)17-14-27-29(3)16-17/h6-7,10-16,31H,8-9H2,1-5H3. The van der Waals surface area contributed by atoms with Crippen LogP contribution >= 0.6 is 0 Å². The molecule has 172 valence electrons. The van der Waals surface area contributed by atoms with Crippen molar-refractivity contribution in [2.75, 3.05) is 25.7 Å². The molecule has 0 radical (unpaired) electrons. The van der Waals surface area contributed by atoms with Gasteiger partial charge in [0.1, 0.15) is 11.5 Å². The van der Waals surface area contributed by atoms with E-state index in [1.807, 2.05) is 63.5 Å². The van der Waals surface area contributed by atoms with Crippen LogP contribution in [0.15, 0.2) is 55.0 Å². The first kappa shape index (κ1) is 22.5. The molecule has 8 heteroatoms. The van der Waals surface area contributed by atoms with Gasteiger partial charge in [-0.3, -0.25) is 9.67 Å². The number of fused-ring (bicyclic) bond motifs is 1. The van der Waals surface area contributed by atoms with Crippen LogP contribution in [0.2, 0.25) is 0 Å². The molecule has 1 N–H and O–H groups in total. The Kier molecular flexibility index (Phi) is 6.20. The Balaban J connectivity index is 1.79. The van der Waals surface area contributed by atoms with Crippen LogP contribution < -0.4 is 14.4 Å². The van der Waals surface area contributed by atoms with Crippen LogP contribution in [0.1, 0.15) is 20.3 Å². The Morgan fingerprint density at radius 1 is 0.970 bits per heavy atom. The van der Waals surface area contributed by atoms with E-state index in [0.717, 1.165) is 33.7 Å². The first-order valence-corrected chi connectivity index (χ1v) is 10.7. The van der Waals surface area contributed by atoms with Gasteiger partial charge in [-0.25, -0.2) is 4.98 Å². The maximum atomic E-state index is 10.4. The quantitative estimate of drug-likeness (QED) is 0.430. The molecule has 0 spiro atoms. The molecular formula is C25H29N5O3. The van der Waals surface area contributed by atoms with Crippen LogP contribution in [0.5, 0.6) is 11.5 Å². The Bertz CT molecular complexity index is 1240. The van der Waals surface area contributed by atoms with Gasteiger partial charge in [0.25, 0.3) is 0 Å². The molecule has 0 aliphatic carbocycles. The summed E-state index contributed by atoms with van der Waals surface area (Å²) in [6.07, 6.45) is 6.01. The average molecular weight is 448 g/mol. The zero-order valence-electron chi connectivity index (χ0n) is 19.6. The maximum Gasteiger partial charge on any atom is 0.124 e. The van der Waals surface area contributed by atoms with Crippen molar-refractivity contribution in [2.45, 2.75) is 25.9 Å². The largest absolute Gasteiger partial charge is 0.497 e. The topological polar surface area (TPSA) is 85.5 Å². The molecule has 4 aromatic rings. The van der Waals surface area contributed by atoms with Crippen molar-refractivity contribution in [3.05, 3.63) is 55.0 Å². The van der Waals surface area contributed by atoms with Gasteiger partial charge in [0.15, 0.2) is 0 Å². The molecule has 0 aliphatic rings. The number of nitrogens with zero attached hydrogens (tertiary/aromatic N) is 5. The Labute approximate surface area is 193 Å². The van der Waals surface area contributed by atoms with Gasteiger partial charge < -0.3 is 19.5 Å². The number of aromatic nitrogens is 4. The summed E-state index contributed by atoms with van der Waals surface area (Å²) < 4.78 is 12.7.